The maximum Gasteiger partial charge on any atom is 0.416 e. The summed E-state index contributed by atoms with van der Waals surface area (Å²) >= 11 is 0. The second-order valence-electron chi connectivity index (χ2n) is 11.5. The lowest BCUT2D eigenvalue weighted by Gasteiger charge is -2.33. The summed E-state index contributed by atoms with van der Waals surface area (Å²) in [6.07, 6.45) is -1.21. The highest BCUT2D eigenvalue weighted by molar-refractivity contribution is 5.96. The summed E-state index contributed by atoms with van der Waals surface area (Å²) in [6.45, 7) is 3.91. The van der Waals surface area contributed by atoms with Crippen LogP contribution in [0.5, 0.6) is 5.75 Å². The number of halogens is 3. The van der Waals surface area contributed by atoms with Gasteiger partial charge in [-0.2, -0.15) is 18.4 Å². The monoisotopic (exact) mass is 602 g/mol. The molecule has 0 atom stereocenters. The number of carbonyl (C=O) groups excluding carboxylic acids is 1. The maximum absolute atomic E-state index is 13.0. The number of carbonyl (C=O) groups is 1. The molecule has 4 aromatic rings. The Labute approximate surface area is 253 Å². The molecule has 2 aliphatic rings. The minimum atomic E-state index is -4.34. The number of amides is 1. The summed E-state index contributed by atoms with van der Waals surface area (Å²) in [5, 5.41) is 12.9. The molecule has 2 aliphatic heterocycles. The molecule has 6 rings (SSSR count). The minimum absolute atomic E-state index is 0.0290. The molecule has 1 N–H and O–H groups in total. The average molecular weight is 603 g/mol. The van der Waals surface area contributed by atoms with Crippen molar-refractivity contribution in [3.05, 3.63) is 95.2 Å². The molecule has 1 aromatic heterocycles. The van der Waals surface area contributed by atoms with Gasteiger partial charge in [-0.05, 0) is 73.0 Å². The number of hydrogen-bond acceptors (Lipinski definition) is 6. The molecule has 0 bridgehead atoms. The van der Waals surface area contributed by atoms with Gasteiger partial charge in [-0.3, -0.25) is 9.69 Å². The van der Waals surface area contributed by atoms with Gasteiger partial charge in [0, 0.05) is 68.7 Å². The number of nitriles is 1. The van der Waals surface area contributed by atoms with Crippen LogP contribution in [0.2, 0.25) is 0 Å². The number of benzene rings is 3. The second-order valence-corrected chi connectivity index (χ2v) is 11.5. The van der Waals surface area contributed by atoms with Crippen LogP contribution in [0.15, 0.2) is 77.2 Å². The smallest absolute Gasteiger partial charge is 0.416 e. The van der Waals surface area contributed by atoms with Crippen LogP contribution in [-0.2, 0) is 12.7 Å². The van der Waals surface area contributed by atoms with Gasteiger partial charge < -0.3 is 19.4 Å². The molecule has 44 heavy (non-hydrogen) atoms. The van der Waals surface area contributed by atoms with Crippen LogP contribution in [0.3, 0.4) is 0 Å². The number of likely N-dealkylation sites (tertiary alicyclic amines) is 1. The van der Waals surface area contributed by atoms with E-state index >= 15 is 0 Å². The summed E-state index contributed by atoms with van der Waals surface area (Å²) in [7, 11) is 0. The van der Waals surface area contributed by atoms with Gasteiger partial charge in [0.2, 0.25) is 0 Å². The number of anilines is 1. The van der Waals surface area contributed by atoms with Crippen LogP contribution in [0.1, 0.15) is 52.9 Å². The Morgan fingerprint density at radius 2 is 1.64 bits per heavy atom. The fraction of sp³-hybridized carbons (Fsp3) is 0.353. The van der Waals surface area contributed by atoms with Crippen molar-refractivity contribution in [2.24, 2.45) is 0 Å². The van der Waals surface area contributed by atoms with E-state index in [1.54, 1.807) is 12.1 Å². The van der Waals surface area contributed by atoms with Gasteiger partial charge in [0.05, 0.1) is 17.2 Å². The highest BCUT2D eigenvalue weighted by Crippen LogP contribution is 2.32. The van der Waals surface area contributed by atoms with Gasteiger partial charge in [-0.1, -0.05) is 12.1 Å². The first kappa shape index (κ1) is 29.6. The molecular weight excluding hydrogens is 569 g/mol. The average Bonchev–Trinajstić information content (AvgIpc) is 3.46. The fourth-order valence-corrected chi connectivity index (χ4v) is 5.92. The molecule has 7 nitrogen and oxygen atoms in total. The predicted octanol–water partition coefficient (Wildman–Crippen LogP) is 6.77. The van der Waals surface area contributed by atoms with Crippen molar-refractivity contribution in [1.29, 1.82) is 5.26 Å². The van der Waals surface area contributed by atoms with Crippen molar-refractivity contribution in [3.63, 3.8) is 0 Å². The number of fused-ring (bicyclic) bond motifs is 1. The summed E-state index contributed by atoms with van der Waals surface area (Å²) in [6, 6.07) is 22.4. The van der Waals surface area contributed by atoms with Crippen molar-refractivity contribution in [2.45, 2.75) is 50.6 Å². The molecule has 0 radical (unpaired) electrons. The molecule has 0 unspecified atom stereocenters. The number of alkyl halides is 3. The number of rotatable bonds is 7. The Morgan fingerprint density at radius 3 is 2.30 bits per heavy atom. The van der Waals surface area contributed by atoms with Crippen molar-refractivity contribution in [3.8, 4) is 11.8 Å². The zero-order chi connectivity index (χ0) is 30.7. The van der Waals surface area contributed by atoms with E-state index in [2.05, 4.69) is 21.2 Å². The standard InChI is InChI=1S/C34H33F3N4O3/c35-34(36,37)26-6-8-28(9-7-26)41-17-13-29(14-18-41)43-30-10-5-25-19-32(44-31(25)20-30)33(42)39-27-11-15-40(16-12-27)22-24-3-1-23(21-38)2-4-24/h1-10,19-20,27,29H,11-18,22H2,(H,39,42). The highest BCUT2D eigenvalue weighted by atomic mass is 19.4. The molecular formula is C34H33F3N4O3. The second kappa shape index (κ2) is 12.6. The lowest BCUT2D eigenvalue weighted by molar-refractivity contribution is -0.137. The first-order valence-electron chi connectivity index (χ1n) is 14.9. The van der Waals surface area contributed by atoms with Gasteiger partial charge in [-0.25, -0.2) is 0 Å². The van der Waals surface area contributed by atoms with Crippen LogP contribution in [0.25, 0.3) is 11.0 Å². The minimum Gasteiger partial charge on any atom is -0.490 e. The van der Waals surface area contributed by atoms with Crippen molar-refractivity contribution >= 4 is 22.6 Å². The van der Waals surface area contributed by atoms with E-state index in [1.807, 2.05) is 36.4 Å². The van der Waals surface area contributed by atoms with Gasteiger partial charge in [0.15, 0.2) is 5.76 Å². The number of nitrogens with zero attached hydrogens (tertiary/aromatic N) is 3. The first-order chi connectivity index (χ1) is 21.2. The molecule has 0 saturated carbocycles. The third-order valence-corrected chi connectivity index (χ3v) is 8.43. The lowest BCUT2D eigenvalue weighted by atomic mass is 10.0. The van der Waals surface area contributed by atoms with Gasteiger partial charge >= 0.3 is 6.18 Å². The molecule has 228 valence electrons. The van der Waals surface area contributed by atoms with E-state index in [1.165, 1.54) is 17.7 Å². The molecule has 2 fully saturated rings. The van der Waals surface area contributed by atoms with E-state index in [0.717, 1.165) is 68.5 Å². The topological polar surface area (TPSA) is 81.7 Å². The number of ether oxygens (including phenoxy) is 1. The quantitative estimate of drug-likeness (QED) is 0.252. The molecule has 1 amide bonds. The fourth-order valence-electron chi connectivity index (χ4n) is 5.92. The number of nitrogens with one attached hydrogen (secondary N) is 1. The Bertz CT molecular complexity index is 1630. The third-order valence-electron chi connectivity index (χ3n) is 8.43. The Balaban J connectivity index is 0.979. The number of furan rings is 1. The molecule has 0 spiro atoms. The Morgan fingerprint density at radius 1 is 0.932 bits per heavy atom. The van der Waals surface area contributed by atoms with E-state index in [9.17, 15) is 18.0 Å². The maximum atomic E-state index is 13.0. The van der Waals surface area contributed by atoms with Gasteiger partial charge in [0.1, 0.15) is 17.4 Å². The molecule has 2 saturated heterocycles. The summed E-state index contributed by atoms with van der Waals surface area (Å²) in [4.78, 5) is 17.4. The van der Waals surface area contributed by atoms with Crippen molar-refractivity contribution < 1.29 is 27.1 Å². The highest BCUT2D eigenvalue weighted by Gasteiger charge is 2.30. The molecule has 0 aliphatic carbocycles. The van der Waals surface area contributed by atoms with E-state index in [4.69, 9.17) is 14.4 Å². The normalized spacial score (nSPS) is 17.0. The Hall–Kier alpha value is -4.49. The number of hydrogen-bond donors (Lipinski definition) is 1. The van der Waals surface area contributed by atoms with Crippen LogP contribution < -0.4 is 15.0 Å². The largest absolute Gasteiger partial charge is 0.490 e. The van der Waals surface area contributed by atoms with Gasteiger partial charge in [-0.15, -0.1) is 0 Å². The van der Waals surface area contributed by atoms with Crippen molar-refractivity contribution in [1.82, 2.24) is 10.2 Å². The zero-order valence-corrected chi connectivity index (χ0v) is 24.1. The molecule has 3 aromatic carbocycles. The summed E-state index contributed by atoms with van der Waals surface area (Å²) in [5.74, 6) is 0.688. The third kappa shape index (κ3) is 7.00. The van der Waals surface area contributed by atoms with Crippen LogP contribution in [0.4, 0.5) is 18.9 Å². The van der Waals surface area contributed by atoms with E-state index in [-0.39, 0.29) is 23.8 Å². The van der Waals surface area contributed by atoms with Crippen LogP contribution >= 0.6 is 0 Å². The predicted molar refractivity (Wildman–Crippen MR) is 160 cm³/mol. The SMILES string of the molecule is N#Cc1ccc(CN2CCC(NC(=O)c3cc4ccc(OC5CCN(c6ccc(C(F)(F)F)cc6)CC5)cc4o3)CC2)cc1. The summed E-state index contributed by atoms with van der Waals surface area (Å²) in [5.41, 5.74) is 2.52. The number of piperidine rings is 2. The lowest BCUT2D eigenvalue weighted by Crippen LogP contribution is -2.44. The van der Waals surface area contributed by atoms with E-state index in [0.29, 0.717) is 30.0 Å². The van der Waals surface area contributed by atoms with Gasteiger partial charge in [0.25, 0.3) is 5.91 Å². The Kier molecular flexibility index (Phi) is 8.49. The zero-order valence-electron chi connectivity index (χ0n) is 24.1. The summed E-state index contributed by atoms with van der Waals surface area (Å²) < 4.78 is 50.8. The molecule has 10 heteroatoms. The van der Waals surface area contributed by atoms with Crippen LogP contribution in [0, 0.1) is 11.3 Å². The first-order valence-corrected chi connectivity index (χ1v) is 14.9. The van der Waals surface area contributed by atoms with Crippen molar-refractivity contribution in [2.75, 3.05) is 31.1 Å². The van der Waals surface area contributed by atoms with Crippen LogP contribution in [-0.4, -0.2) is 49.1 Å². The molecule has 3 heterocycles. The van der Waals surface area contributed by atoms with E-state index < -0.39 is 11.7 Å².